The summed E-state index contributed by atoms with van der Waals surface area (Å²) in [5.74, 6) is 1.29. The van der Waals surface area contributed by atoms with Crippen LogP contribution < -0.4 is 21.3 Å². The lowest BCUT2D eigenvalue weighted by molar-refractivity contribution is 0.251. The number of carbonyl (C=O) groups excluding carboxylic acids is 1. The fourth-order valence-electron chi connectivity index (χ4n) is 2.66. The summed E-state index contributed by atoms with van der Waals surface area (Å²) in [6, 6.07) is 6.70. The van der Waals surface area contributed by atoms with Gasteiger partial charge < -0.3 is 21.3 Å². The average molecular weight is 395 g/mol. The van der Waals surface area contributed by atoms with E-state index in [1.54, 1.807) is 24.4 Å². The van der Waals surface area contributed by atoms with Gasteiger partial charge in [-0.3, -0.25) is 0 Å². The van der Waals surface area contributed by atoms with E-state index in [4.69, 9.17) is 23.2 Å². The highest BCUT2D eigenvalue weighted by Crippen LogP contribution is 2.24. The molecule has 0 saturated carbocycles. The van der Waals surface area contributed by atoms with Gasteiger partial charge in [-0.2, -0.15) is 0 Å². The molecule has 1 saturated heterocycles. The fourth-order valence-corrected chi connectivity index (χ4v) is 2.96. The normalized spacial score (nSPS) is 16.8. The number of nitrogens with one attached hydrogen (secondary N) is 4. The molecule has 1 atom stereocenters. The van der Waals surface area contributed by atoms with E-state index >= 15 is 0 Å². The zero-order chi connectivity index (χ0) is 18.4. The van der Waals surface area contributed by atoms with E-state index in [-0.39, 0.29) is 12.6 Å². The standard InChI is InChI=1S/C17H20Cl2N6O/c18-13-4-3-11(8-14(13)19)24-17(26)22-10-16-21-7-5-15(25-16)23-12-2-1-6-20-9-12/h3-5,7-8,12,20H,1-2,6,9-10H2,(H,21,23,25)(H2,22,24,26). The number of aromatic nitrogens is 2. The van der Waals surface area contributed by atoms with Crippen molar-refractivity contribution in [2.75, 3.05) is 23.7 Å². The van der Waals surface area contributed by atoms with Crippen LogP contribution in [-0.2, 0) is 6.54 Å². The van der Waals surface area contributed by atoms with Gasteiger partial charge in [0.1, 0.15) is 11.6 Å². The molecule has 1 fully saturated rings. The molecule has 2 aromatic rings. The number of anilines is 2. The summed E-state index contributed by atoms with van der Waals surface area (Å²) in [6.45, 7) is 2.19. The third-order valence-electron chi connectivity index (χ3n) is 3.94. The molecular formula is C17H20Cl2N6O. The summed E-state index contributed by atoms with van der Waals surface area (Å²) in [5, 5.41) is 13.0. The lowest BCUT2D eigenvalue weighted by Crippen LogP contribution is -2.38. The van der Waals surface area contributed by atoms with Crippen molar-refractivity contribution in [3.63, 3.8) is 0 Å². The van der Waals surface area contributed by atoms with E-state index in [1.165, 1.54) is 0 Å². The largest absolute Gasteiger partial charge is 0.366 e. The number of halogens is 2. The first-order valence-corrected chi connectivity index (χ1v) is 9.15. The van der Waals surface area contributed by atoms with Gasteiger partial charge in [0.15, 0.2) is 0 Å². The van der Waals surface area contributed by atoms with Crippen molar-refractivity contribution in [2.45, 2.75) is 25.4 Å². The second-order valence-electron chi connectivity index (χ2n) is 5.98. The molecule has 0 aliphatic carbocycles. The van der Waals surface area contributed by atoms with Gasteiger partial charge in [0, 0.05) is 24.5 Å². The number of urea groups is 1. The number of benzene rings is 1. The Labute approximate surface area is 161 Å². The number of piperidine rings is 1. The molecule has 138 valence electrons. The monoisotopic (exact) mass is 394 g/mol. The Morgan fingerprint density at radius 3 is 2.92 bits per heavy atom. The van der Waals surface area contributed by atoms with E-state index in [0.717, 1.165) is 31.7 Å². The second kappa shape index (κ2) is 9.02. The molecule has 7 nitrogen and oxygen atoms in total. The minimum atomic E-state index is -0.373. The molecule has 3 rings (SSSR count). The molecule has 0 spiro atoms. The maximum atomic E-state index is 12.0. The summed E-state index contributed by atoms with van der Waals surface area (Å²) >= 11 is 11.8. The van der Waals surface area contributed by atoms with Crippen LogP contribution in [0.2, 0.25) is 10.0 Å². The van der Waals surface area contributed by atoms with E-state index < -0.39 is 0 Å². The highest BCUT2D eigenvalue weighted by atomic mass is 35.5. The summed E-state index contributed by atoms with van der Waals surface area (Å²) in [4.78, 5) is 20.6. The number of rotatable bonds is 5. The topological polar surface area (TPSA) is 91.0 Å². The SMILES string of the molecule is O=C(NCc1nccc(NC2CCCNC2)n1)Nc1ccc(Cl)c(Cl)c1. The Kier molecular flexibility index (Phi) is 6.49. The summed E-state index contributed by atoms with van der Waals surface area (Å²) < 4.78 is 0. The van der Waals surface area contributed by atoms with Crippen molar-refractivity contribution in [2.24, 2.45) is 0 Å². The molecule has 4 N–H and O–H groups in total. The van der Waals surface area contributed by atoms with Crippen LogP contribution in [0.15, 0.2) is 30.5 Å². The molecule has 1 unspecified atom stereocenters. The smallest absolute Gasteiger partial charge is 0.319 e. The van der Waals surface area contributed by atoms with Gasteiger partial charge in [0.25, 0.3) is 0 Å². The van der Waals surface area contributed by atoms with Crippen molar-refractivity contribution < 1.29 is 4.79 Å². The van der Waals surface area contributed by atoms with Gasteiger partial charge in [-0.25, -0.2) is 14.8 Å². The van der Waals surface area contributed by atoms with Gasteiger partial charge in [-0.05, 0) is 43.7 Å². The van der Waals surface area contributed by atoms with Crippen LogP contribution in [0.1, 0.15) is 18.7 Å². The van der Waals surface area contributed by atoms with Crippen molar-refractivity contribution in [3.8, 4) is 0 Å². The number of amides is 2. The molecule has 1 aromatic heterocycles. The Balaban J connectivity index is 1.51. The molecule has 1 aliphatic heterocycles. The van der Waals surface area contributed by atoms with Crippen LogP contribution in [0.4, 0.5) is 16.3 Å². The number of hydrogen-bond donors (Lipinski definition) is 4. The van der Waals surface area contributed by atoms with Crippen LogP contribution in [-0.4, -0.2) is 35.1 Å². The van der Waals surface area contributed by atoms with Gasteiger partial charge in [0.05, 0.1) is 16.6 Å². The predicted molar refractivity (Wildman–Crippen MR) is 104 cm³/mol. The first kappa shape index (κ1) is 18.7. The minimum absolute atomic E-state index is 0.214. The third-order valence-corrected chi connectivity index (χ3v) is 4.68. The lowest BCUT2D eigenvalue weighted by Gasteiger charge is -2.24. The van der Waals surface area contributed by atoms with E-state index in [2.05, 4.69) is 31.2 Å². The van der Waals surface area contributed by atoms with Crippen molar-refractivity contribution in [1.82, 2.24) is 20.6 Å². The van der Waals surface area contributed by atoms with Gasteiger partial charge in [-0.1, -0.05) is 23.2 Å². The van der Waals surface area contributed by atoms with Crippen molar-refractivity contribution in [3.05, 3.63) is 46.3 Å². The molecule has 2 heterocycles. The molecule has 0 bridgehead atoms. The second-order valence-corrected chi connectivity index (χ2v) is 6.80. The first-order chi connectivity index (χ1) is 12.6. The quantitative estimate of drug-likeness (QED) is 0.624. The van der Waals surface area contributed by atoms with Gasteiger partial charge in [-0.15, -0.1) is 0 Å². The molecule has 1 aliphatic rings. The van der Waals surface area contributed by atoms with Crippen LogP contribution in [0.25, 0.3) is 0 Å². The Bertz CT molecular complexity index is 767. The zero-order valence-corrected chi connectivity index (χ0v) is 15.6. The highest BCUT2D eigenvalue weighted by molar-refractivity contribution is 6.42. The summed E-state index contributed by atoms with van der Waals surface area (Å²) in [5.41, 5.74) is 0.554. The molecule has 2 amide bonds. The Hall–Kier alpha value is -2.09. The average Bonchev–Trinajstić information content (AvgIpc) is 2.64. The zero-order valence-electron chi connectivity index (χ0n) is 14.1. The van der Waals surface area contributed by atoms with E-state index in [0.29, 0.717) is 27.6 Å². The Morgan fingerprint density at radius 2 is 2.15 bits per heavy atom. The summed E-state index contributed by atoms with van der Waals surface area (Å²) in [6.07, 6.45) is 3.93. The Morgan fingerprint density at radius 1 is 1.27 bits per heavy atom. The van der Waals surface area contributed by atoms with E-state index in [1.807, 2.05) is 6.07 Å². The minimum Gasteiger partial charge on any atom is -0.366 e. The summed E-state index contributed by atoms with van der Waals surface area (Å²) in [7, 11) is 0. The van der Waals surface area contributed by atoms with Crippen molar-refractivity contribution in [1.29, 1.82) is 0 Å². The van der Waals surface area contributed by atoms with Crippen LogP contribution in [0, 0.1) is 0 Å². The number of carbonyl (C=O) groups is 1. The third kappa shape index (κ3) is 5.45. The number of hydrogen-bond acceptors (Lipinski definition) is 5. The molecule has 9 heteroatoms. The predicted octanol–water partition coefficient (Wildman–Crippen LogP) is 3.27. The highest BCUT2D eigenvalue weighted by Gasteiger charge is 2.13. The maximum absolute atomic E-state index is 12.0. The maximum Gasteiger partial charge on any atom is 0.319 e. The first-order valence-electron chi connectivity index (χ1n) is 8.39. The lowest BCUT2D eigenvalue weighted by atomic mass is 10.1. The van der Waals surface area contributed by atoms with Gasteiger partial charge in [0.2, 0.25) is 0 Å². The van der Waals surface area contributed by atoms with Crippen LogP contribution >= 0.6 is 23.2 Å². The molecule has 0 radical (unpaired) electrons. The molecule has 1 aromatic carbocycles. The number of nitrogens with zero attached hydrogens (tertiary/aromatic N) is 2. The van der Waals surface area contributed by atoms with Crippen molar-refractivity contribution >= 4 is 40.7 Å². The fraction of sp³-hybridized carbons (Fsp3) is 0.353. The van der Waals surface area contributed by atoms with Gasteiger partial charge >= 0.3 is 6.03 Å². The van der Waals surface area contributed by atoms with Crippen LogP contribution in [0.5, 0.6) is 0 Å². The molecule has 26 heavy (non-hydrogen) atoms. The molecular weight excluding hydrogens is 375 g/mol. The van der Waals surface area contributed by atoms with Crippen LogP contribution in [0.3, 0.4) is 0 Å². The van der Waals surface area contributed by atoms with E-state index in [9.17, 15) is 4.79 Å².